The molecule has 55 heavy (non-hydrogen) atoms. The van der Waals surface area contributed by atoms with E-state index in [-0.39, 0.29) is 44.2 Å². The Labute approximate surface area is 321 Å². The summed E-state index contributed by atoms with van der Waals surface area (Å²) in [5.41, 5.74) is 2.89. The minimum Gasteiger partial charge on any atom is -0.493 e. The summed E-state index contributed by atoms with van der Waals surface area (Å²) >= 11 is 6.95. The van der Waals surface area contributed by atoms with Gasteiger partial charge in [-0.2, -0.15) is 5.10 Å². The molecule has 0 saturated heterocycles. The quantitative estimate of drug-likeness (QED) is 0.0482. The van der Waals surface area contributed by atoms with Crippen molar-refractivity contribution in [2.45, 2.75) is 57.1 Å². The molecule has 0 unspecified atom stereocenters. The van der Waals surface area contributed by atoms with Crippen molar-refractivity contribution in [2.75, 3.05) is 13.2 Å². The number of nitro benzene ring substituents is 1. The summed E-state index contributed by atoms with van der Waals surface area (Å²) in [6, 6.07) is 18.4. The fourth-order valence-corrected chi connectivity index (χ4v) is 8.66. The number of aromatic carboxylic acids is 1. The van der Waals surface area contributed by atoms with Crippen LogP contribution in [-0.4, -0.2) is 57.0 Å². The average Bonchev–Trinajstić information content (AvgIpc) is 3.65. The minimum absolute atomic E-state index is 0.0344. The summed E-state index contributed by atoms with van der Waals surface area (Å²) in [6.07, 6.45) is 1.86. The fourth-order valence-electron chi connectivity index (χ4n) is 7.17. The van der Waals surface area contributed by atoms with E-state index in [4.69, 9.17) is 16.3 Å². The van der Waals surface area contributed by atoms with Gasteiger partial charge in [-0.05, 0) is 79.5 Å². The van der Waals surface area contributed by atoms with Gasteiger partial charge < -0.3 is 19.5 Å². The largest absolute Gasteiger partial charge is 0.493 e. The molecule has 6 aromatic rings. The Bertz CT molecular complexity index is 2540. The van der Waals surface area contributed by atoms with Crippen LogP contribution in [0, 0.1) is 15.9 Å². The average molecular weight is 792 g/mol. The number of fused-ring (bicyclic) bond motifs is 2. The van der Waals surface area contributed by atoms with Gasteiger partial charge in [0.05, 0.1) is 34.4 Å². The third-order valence-corrected chi connectivity index (χ3v) is 11.4. The number of hydrogen-bond acceptors (Lipinski definition) is 8. The molecule has 0 aliphatic heterocycles. The van der Waals surface area contributed by atoms with Gasteiger partial charge in [0.15, 0.2) is 4.90 Å². The topological polar surface area (TPSA) is 179 Å². The number of hydrogen-bond donors (Lipinski definition) is 3. The summed E-state index contributed by atoms with van der Waals surface area (Å²) in [4.78, 5) is 23.4. The molecule has 6 rings (SSSR count). The maximum atomic E-state index is 13.8. The number of nitrogens with one attached hydrogen (secondary N) is 1. The second-order valence-electron chi connectivity index (χ2n) is 12.9. The van der Waals surface area contributed by atoms with Gasteiger partial charge in [0, 0.05) is 53.8 Å². The van der Waals surface area contributed by atoms with Crippen LogP contribution in [-0.2, 0) is 43.1 Å². The molecule has 0 fully saturated rings. The lowest BCUT2D eigenvalue weighted by Crippen LogP contribution is -2.25. The number of aliphatic hydroxyl groups excluding tert-OH is 1. The second kappa shape index (κ2) is 16.6. The minimum atomic E-state index is -4.21. The van der Waals surface area contributed by atoms with E-state index < -0.39 is 31.5 Å². The van der Waals surface area contributed by atoms with Gasteiger partial charge >= 0.3 is 5.97 Å². The molecule has 0 saturated carbocycles. The molecule has 288 valence electrons. The molecular weight excluding hydrogens is 753 g/mol. The van der Waals surface area contributed by atoms with E-state index >= 15 is 0 Å². The summed E-state index contributed by atoms with van der Waals surface area (Å²) in [5.74, 6) is -0.957. The molecule has 0 radical (unpaired) electrons. The van der Waals surface area contributed by atoms with E-state index in [0.29, 0.717) is 75.1 Å². The SMILES string of the molecule is CCc1c(-c2c(Cl)ccc3c(CCCOc4cccc5cc(F)ccc45)c(C(=O)O)n(CCCCNS(=O)(=O)c4ccccc4[N+](=O)[O-])c23)c(CO)nn1C. The first-order chi connectivity index (χ1) is 26.4. The monoisotopic (exact) mass is 791 g/mol. The molecule has 2 aromatic heterocycles. The van der Waals surface area contributed by atoms with Gasteiger partial charge in [0.25, 0.3) is 5.69 Å². The van der Waals surface area contributed by atoms with E-state index in [0.717, 1.165) is 23.2 Å². The third kappa shape index (κ3) is 7.92. The molecule has 0 atom stereocenters. The predicted molar refractivity (Wildman–Crippen MR) is 207 cm³/mol. The number of carboxylic acid groups (broad SMARTS) is 1. The van der Waals surface area contributed by atoms with Crippen molar-refractivity contribution in [3.05, 3.63) is 116 Å². The predicted octanol–water partition coefficient (Wildman–Crippen LogP) is 7.42. The Morgan fingerprint density at radius 1 is 1.04 bits per heavy atom. The molecule has 2 heterocycles. The molecule has 0 bridgehead atoms. The number of halogens is 2. The number of carbonyl (C=O) groups is 1. The highest BCUT2D eigenvalue weighted by Crippen LogP contribution is 2.43. The van der Waals surface area contributed by atoms with Crippen LogP contribution in [0.5, 0.6) is 5.75 Å². The van der Waals surface area contributed by atoms with Crippen LogP contribution in [0.1, 0.15) is 53.6 Å². The van der Waals surface area contributed by atoms with E-state index in [1.54, 1.807) is 52.7 Å². The van der Waals surface area contributed by atoms with Crippen LogP contribution in [0.2, 0.25) is 5.02 Å². The van der Waals surface area contributed by atoms with Crippen molar-refractivity contribution in [2.24, 2.45) is 7.05 Å². The number of para-hydroxylation sites is 1. The van der Waals surface area contributed by atoms with Crippen LogP contribution in [0.15, 0.2) is 77.7 Å². The Balaban J connectivity index is 1.34. The van der Waals surface area contributed by atoms with Crippen LogP contribution in [0.4, 0.5) is 10.1 Å². The van der Waals surface area contributed by atoms with Crippen LogP contribution in [0.3, 0.4) is 0 Å². The lowest BCUT2D eigenvalue weighted by atomic mass is 9.97. The smallest absolute Gasteiger partial charge is 0.352 e. The number of nitro groups is 1. The summed E-state index contributed by atoms with van der Waals surface area (Å²) in [5, 5.41) is 39.5. The van der Waals surface area contributed by atoms with Crippen LogP contribution >= 0.6 is 11.6 Å². The fraction of sp³-hybridized carbons (Fsp3) is 0.282. The zero-order valence-corrected chi connectivity index (χ0v) is 31.7. The lowest BCUT2D eigenvalue weighted by Gasteiger charge is -2.15. The Morgan fingerprint density at radius 3 is 2.53 bits per heavy atom. The highest BCUT2D eigenvalue weighted by atomic mass is 35.5. The zero-order valence-electron chi connectivity index (χ0n) is 30.1. The second-order valence-corrected chi connectivity index (χ2v) is 15.1. The highest BCUT2D eigenvalue weighted by molar-refractivity contribution is 7.89. The summed E-state index contributed by atoms with van der Waals surface area (Å²) in [6.45, 7) is 1.89. The molecule has 0 amide bonds. The number of aryl methyl sites for hydroxylation is 3. The Hall–Kier alpha value is -5.35. The summed E-state index contributed by atoms with van der Waals surface area (Å²) in [7, 11) is -2.45. The number of benzene rings is 4. The molecule has 0 aliphatic rings. The molecule has 3 N–H and O–H groups in total. The van der Waals surface area contributed by atoms with Crippen molar-refractivity contribution in [3.63, 3.8) is 0 Å². The van der Waals surface area contributed by atoms with E-state index in [1.807, 2.05) is 6.92 Å². The van der Waals surface area contributed by atoms with E-state index in [2.05, 4.69) is 9.82 Å². The van der Waals surface area contributed by atoms with Crippen molar-refractivity contribution in [1.82, 2.24) is 19.1 Å². The molecule has 4 aromatic carbocycles. The number of carboxylic acids is 1. The number of sulfonamides is 1. The van der Waals surface area contributed by atoms with Gasteiger partial charge in [0.2, 0.25) is 10.0 Å². The van der Waals surface area contributed by atoms with Crippen molar-refractivity contribution in [3.8, 4) is 16.9 Å². The van der Waals surface area contributed by atoms with Gasteiger partial charge in [-0.3, -0.25) is 14.8 Å². The van der Waals surface area contributed by atoms with Crippen LogP contribution < -0.4 is 9.46 Å². The summed E-state index contributed by atoms with van der Waals surface area (Å²) < 4.78 is 51.7. The zero-order chi connectivity index (χ0) is 39.4. The van der Waals surface area contributed by atoms with Crippen LogP contribution in [0.25, 0.3) is 32.8 Å². The third-order valence-electron chi connectivity index (χ3n) is 9.54. The van der Waals surface area contributed by atoms with Crippen molar-refractivity contribution in [1.29, 1.82) is 0 Å². The Morgan fingerprint density at radius 2 is 1.80 bits per heavy atom. The number of unbranched alkanes of at least 4 members (excludes halogenated alkanes) is 1. The number of aromatic nitrogens is 3. The molecule has 16 heteroatoms. The van der Waals surface area contributed by atoms with Crippen molar-refractivity contribution >= 4 is 55.0 Å². The van der Waals surface area contributed by atoms with E-state index in [9.17, 15) is 37.9 Å². The van der Waals surface area contributed by atoms with Gasteiger partial charge in [-0.1, -0.05) is 48.9 Å². The molecule has 0 aliphatic carbocycles. The van der Waals surface area contributed by atoms with E-state index in [1.165, 1.54) is 24.3 Å². The maximum Gasteiger partial charge on any atom is 0.352 e. The highest BCUT2D eigenvalue weighted by Gasteiger charge is 2.29. The van der Waals surface area contributed by atoms with Gasteiger partial charge in [-0.25, -0.2) is 22.3 Å². The van der Waals surface area contributed by atoms with Crippen molar-refractivity contribution < 1.29 is 37.5 Å². The first-order valence-electron chi connectivity index (χ1n) is 17.6. The Kier molecular flexibility index (Phi) is 11.9. The molecule has 13 nitrogen and oxygen atoms in total. The molecule has 0 spiro atoms. The van der Waals surface area contributed by atoms with Gasteiger partial charge in [0.1, 0.15) is 17.3 Å². The maximum absolute atomic E-state index is 13.8. The first-order valence-corrected chi connectivity index (χ1v) is 19.5. The normalized spacial score (nSPS) is 11.8. The number of rotatable bonds is 17. The number of aliphatic hydroxyl groups is 1. The molecular formula is C39H39ClFN5O8S. The van der Waals surface area contributed by atoms with Gasteiger partial charge in [-0.15, -0.1) is 0 Å². The first kappa shape index (κ1) is 39.3. The number of nitrogens with zero attached hydrogens (tertiary/aromatic N) is 4. The lowest BCUT2D eigenvalue weighted by molar-refractivity contribution is -0.387. The number of ether oxygens (including phenoxy) is 1. The standard InChI is InChI=1S/C39H39ClFN5O8S/c1-3-31-36(30(23-47)43-44(31)2)35-29(40)18-17-28-27(11-9-21-54-33-13-8-10-24-22-25(41)15-16-26(24)33)38(39(48)49)45(37(28)35)20-7-6-19-42-55(52,53)34-14-5-4-12-32(34)46(50)51/h4-5,8,10,12-18,22,42,47H,3,6-7,9,11,19-21,23H2,1-2H3,(H,48,49).